The lowest BCUT2D eigenvalue weighted by atomic mass is 10.00. The molecule has 1 heterocycles. The summed E-state index contributed by atoms with van der Waals surface area (Å²) in [4.78, 5) is 2.27. The first kappa shape index (κ1) is 15.7. The Morgan fingerprint density at radius 3 is 3.00 bits per heavy atom. The van der Waals surface area contributed by atoms with Crippen LogP contribution < -0.4 is 5.32 Å². The molecule has 2 atom stereocenters. The van der Waals surface area contributed by atoms with Gasteiger partial charge in [0, 0.05) is 24.2 Å². The van der Waals surface area contributed by atoms with Gasteiger partial charge in [0.2, 0.25) is 0 Å². The summed E-state index contributed by atoms with van der Waals surface area (Å²) in [6, 6.07) is 4.77. The van der Waals surface area contributed by atoms with Crippen LogP contribution in [0.3, 0.4) is 0 Å². The van der Waals surface area contributed by atoms with E-state index in [1.165, 1.54) is 12.1 Å². The molecule has 0 saturated carbocycles. The van der Waals surface area contributed by atoms with Gasteiger partial charge in [0.1, 0.15) is 5.82 Å². The fourth-order valence-corrected chi connectivity index (χ4v) is 2.82. The van der Waals surface area contributed by atoms with Crippen molar-refractivity contribution in [2.75, 3.05) is 33.3 Å². The molecule has 1 aliphatic rings. The Hall–Kier alpha value is -0.680. The van der Waals surface area contributed by atoms with Gasteiger partial charge in [-0.1, -0.05) is 24.6 Å². The molecule has 3 nitrogen and oxygen atoms in total. The van der Waals surface area contributed by atoms with E-state index in [-0.39, 0.29) is 18.0 Å². The number of nitrogens with zero attached hydrogens (tertiary/aromatic N) is 1. The molecule has 1 fully saturated rings. The third kappa shape index (κ3) is 4.16. The molecule has 0 amide bonds. The Balaban J connectivity index is 2.08. The molecule has 0 spiro atoms. The Morgan fingerprint density at radius 2 is 2.35 bits per heavy atom. The Bertz CT molecular complexity index is 444. The van der Waals surface area contributed by atoms with Crippen molar-refractivity contribution in [3.05, 3.63) is 34.6 Å². The zero-order valence-corrected chi connectivity index (χ0v) is 12.8. The predicted octanol–water partition coefficient (Wildman–Crippen LogP) is 2.33. The van der Waals surface area contributed by atoms with E-state index >= 15 is 0 Å². The maximum absolute atomic E-state index is 13.1. The second kappa shape index (κ2) is 7.36. The summed E-state index contributed by atoms with van der Waals surface area (Å²) in [7, 11) is 2.10. The average molecular weight is 301 g/mol. The Labute approximate surface area is 125 Å². The standard InChI is InChI=1S/C15H22ClFN2O/c1-3-18-14(15-10-19(2)6-7-20-15)8-11-4-5-12(17)9-13(11)16/h4-5,9,14-15,18H,3,6-8,10H2,1-2H3. The van der Waals surface area contributed by atoms with E-state index in [2.05, 4.69) is 24.2 Å². The number of benzene rings is 1. The quantitative estimate of drug-likeness (QED) is 0.903. The maximum Gasteiger partial charge on any atom is 0.124 e. The smallest absolute Gasteiger partial charge is 0.124 e. The summed E-state index contributed by atoms with van der Waals surface area (Å²) in [6.07, 6.45) is 0.876. The number of hydrogen-bond donors (Lipinski definition) is 1. The third-order valence-electron chi connectivity index (χ3n) is 3.67. The van der Waals surface area contributed by atoms with Crippen LogP contribution in [0.5, 0.6) is 0 Å². The van der Waals surface area contributed by atoms with E-state index in [0.29, 0.717) is 5.02 Å². The average Bonchev–Trinajstić information content (AvgIpc) is 2.41. The molecular formula is C15H22ClFN2O. The highest BCUT2D eigenvalue weighted by atomic mass is 35.5. The van der Waals surface area contributed by atoms with Crippen molar-refractivity contribution in [3.8, 4) is 0 Å². The predicted molar refractivity (Wildman–Crippen MR) is 79.8 cm³/mol. The lowest BCUT2D eigenvalue weighted by molar-refractivity contribution is -0.0381. The summed E-state index contributed by atoms with van der Waals surface area (Å²) in [6.45, 7) is 5.56. The minimum Gasteiger partial charge on any atom is -0.374 e. The topological polar surface area (TPSA) is 24.5 Å². The monoisotopic (exact) mass is 300 g/mol. The normalized spacial score (nSPS) is 21.9. The number of likely N-dealkylation sites (N-methyl/N-ethyl adjacent to an activating group) is 2. The number of hydrogen-bond acceptors (Lipinski definition) is 3. The Morgan fingerprint density at radius 1 is 1.55 bits per heavy atom. The van der Waals surface area contributed by atoms with Gasteiger partial charge in [-0.3, -0.25) is 0 Å². The van der Waals surface area contributed by atoms with Gasteiger partial charge in [-0.15, -0.1) is 0 Å². The molecule has 1 N–H and O–H groups in total. The minimum absolute atomic E-state index is 0.134. The number of ether oxygens (including phenoxy) is 1. The fraction of sp³-hybridized carbons (Fsp3) is 0.600. The second-order valence-electron chi connectivity index (χ2n) is 5.28. The minimum atomic E-state index is -0.299. The molecule has 2 rings (SSSR count). The van der Waals surface area contributed by atoms with Crippen LogP contribution in [0.4, 0.5) is 4.39 Å². The summed E-state index contributed by atoms with van der Waals surface area (Å²) in [5.41, 5.74) is 0.954. The van der Waals surface area contributed by atoms with Crippen molar-refractivity contribution >= 4 is 11.6 Å². The van der Waals surface area contributed by atoms with Crippen LogP contribution in [-0.4, -0.2) is 50.3 Å². The zero-order chi connectivity index (χ0) is 14.5. The van der Waals surface area contributed by atoms with Gasteiger partial charge in [-0.05, 0) is 37.7 Å². The van der Waals surface area contributed by atoms with E-state index in [0.717, 1.165) is 38.2 Å². The van der Waals surface area contributed by atoms with Crippen molar-refractivity contribution in [2.45, 2.75) is 25.5 Å². The van der Waals surface area contributed by atoms with Crippen molar-refractivity contribution in [1.29, 1.82) is 0 Å². The molecule has 1 aromatic rings. The molecule has 0 aromatic heterocycles. The number of rotatable bonds is 5. The van der Waals surface area contributed by atoms with Gasteiger partial charge < -0.3 is 15.0 Å². The van der Waals surface area contributed by atoms with E-state index < -0.39 is 0 Å². The number of morpholine rings is 1. The largest absolute Gasteiger partial charge is 0.374 e. The number of nitrogens with one attached hydrogen (secondary N) is 1. The summed E-state index contributed by atoms with van der Waals surface area (Å²) in [5, 5.41) is 3.94. The fourth-order valence-electron chi connectivity index (χ4n) is 2.58. The van der Waals surface area contributed by atoms with Gasteiger partial charge in [-0.25, -0.2) is 4.39 Å². The van der Waals surface area contributed by atoms with Crippen LogP contribution in [0.15, 0.2) is 18.2 Å². The van der Waals surface area contributed by atoms with Crippen molar-refractivity contribution in [1.82, 2.24) is 10.2 Å². The van der Waals surface area contributed by atoms with Crippen LogP contribution in [0.25, 0.3) is 0 Å². The van der Waals surface area contributed by atoms with Gasteiger partial charge in [0.05, 0.1) is 12.7 Å². The summed E-state index contributed by atoms with van der Waals surface area (Å²) in [5.74, 6) is -0.299. The zero-order valence-electron chi connectivity index (χ0n) is 12.0. The number of halogens is 2. The highest BCUT2D eigenvalue weighted by molar-refractivity contribution is 6.31. The van der Waals surface area contributed by atoms with Crippen LogP contribution in [0.1, 0.15) is 12.5 Å². The van der Waals surface area contributed by atoms with Crippen molar-refractivity contribution in [3.63, 3.8) is 0 Å². The highest BCUT2D eigenvalue weighted by Gasteiger charge is 2.26. The van der Waals surface area contributed by atoms with Gasteiger partial charge in [0.25, 0.3) is 0 Å². The SMILES string of the molecule is CCNC(Cc1ccc(F)cc1Cl)C1CN(C)CCO1. The first-order valence-electron chi connectivity index (χ1n) is 7.07. The van der Waals surface area contributed by atoms with E-state index in [4.69, 9.17) is 16.3 Å². The van der Waals surface area contributed by atoms with E-state index in [9.17, 15) is 4.39 Å². The van der Waals surface area contributed by atoms with E-state index in [1.54, 1.807) is 6.07 Å². The molecule has 1 saturated heterocycles. The Kier molecular flexibility index (Phi) is 5.78. The van der Waals surface area contributed by atoms with Crippen LogP contribution in [0.2, 0.25) is 5.02 Å². The first-order chi connectivity index (χ1) is 9.60. The van der Waals surface area contributed by atoms with Crippen LogP contribution in [0, 0.1) is 5.82 Å². The molecule has 2 unspecified atom stereocenters. The summed E-state index contributed by atoms with van der Waals surface area (Å²) < 4.78 is 19.0. The molecule has 1 aromatic carbocycles. The molecule has 0 bridgehead atoms. The van der Waals surface area contributed by atoms with Crippen LogP contribution >= 0.6 is 11.6 Å². The molecule has 20 heavy (non-hydrogen) atoms. The molecule has 5 heteroatoms. The maximum atomic E-state index is 13.1. The first-order valence-corrected chi connectivity index (χ1v) is 7.45. The molecule has 0 radical (unpaired) electrons. The lowest BCUT2D eigenvalue weighted by Gasteiger charge is -2.35. The second-order valence-corrected chi connectivity index (χ2v) is 5.68. The van der Waals surface area contributed by atoms with Crippen LogP contribution in [-0.2, 0) is 11.2 Å². The van der Waals surface area contributed by atoms with Gasteiger partial charge >= 0.3 is 0 Å². The van der Waals surface area contributed by atoms with Gasteiger partial charge in [0.15, 0.2) is 0 Å². The van der Waals surface area contributed by atoms with E-state index in [1.807, 2.05) is 0 Å². The summed E-state index contributed by atoms with van der Waals surface area (Å²) >= 11 is 6.12. The third-order valence-corrected chi connectivity index (χ3v) is 4.02. The molecular weight excluding hydrogens is 279 g/mol. The van der Waals surface area contributed by atoms with Gasteiger partial charge in [-0.2, -0.15) is 0 Å². The molecule has 1 aliphatic heterocycles. The molecule has 0 aliphatic carbocycles. The van der Waals surface area contributed by atoms with Crippen molar-refractivity contribution in [2.24, 2.45) is 0 Å². The lowest BCUT2D eigenvalue weighted by Crippen LogP contribution is -2.52. The highest BCUT2D eigenvalue weighted by Crippen LogP contribution is 2.21. The van der Waals surface area contributed by atoms with Crippen molar-refractivity contribution < 1.29 is 9.13 Å². The molecule has 112 valence electrons.